The minimum Gasteiger partial charge on any atom is -0.373 e. The maximum absolute atomic E-state index is 4.50. The first kappa shape index (κ1) is 11.5. The Hall–Kier alpha value is -1.97. The molecule has 88 valence electrons. The Balaban J connectivity index is 2.31. The molecular formula is C13H16N4. The van der Waals surface area contributed by atoms with Crippen molar-refractivity contribution in [3.05, 3.63) is 47.2 Å². The smallest absolute Gasteiger partial charge is 0.135 e. The van der Waals surface area contributed by atoms with Gasteiger partial charge in [-0.2, -0.15) is 0 Å². The van der Waals surface area contributed by atoms with E-state index >= 15 is 0 Å². The molecule has 0 atom stereocenters. The molecule has 0 unspecified atom stereocenters. The van der Waals surface area contributed by atoms with Gasteiger partial charge in [-0.1, -0.05) is 6.07 Å². The molecule has 0 amide bonds. The average Bonchev–Trinajstić information content (AvgIpc) is 2.35. The van der Waals surface area contributed by atoms with Gasteiger partial charge in [0.1, 0.15) is 11.6 Å². The normalized spacial score (nSPS) is 10.3. The quantitative estimate of drug-likeness (QED) is 0.874. The third kappa shape index (κ3) is 2.58. The van der Waals surface area contributed by atoms with Crippen molar-refractivity contribution < 1.29 is 0 Å². The molecule has 0 aliphatic heterocycles. The lowest BCUT2D eigenvalue weighted by Crippen LogP contribution is -2.05. The van der Waals surface area contributed by atoms with Gasteiger partial charge in [0.2, 0.25) is 0 Å². The topological polar surface area (TPSA) is 50.7 Å². The molecule has 2 aromatic rings. The van der Waals surface area contributed by atoms with Crippen LogP contribution in [0.4, 0.5) is 5.82 Å². The van der Waals surface area contributed by atoms with E-state index in [1.54, 1.807) is 6.20 Å². The lowest BCUT2D eigenvalue weighted by Gasteiger charge is -2.09. The highest BCUT2D eigenvalue weighted by Gasteiger charge is 2.07. The van der Waals surface area contributed by atoms with Crippen molar-refractivity contribution in [2.45, 2.75) is 20.3 Å². The fourth-order valence-corrected chi connectivity index (χ4v) is 1.69. The summed E-state index contributed by atoms with van der Waals surface area (Å²) in [5.74, 6) is 1.72. The maximum atomic E-state index is 4.50. The number of rotatable bonds is 3. The van der Waals surface area contributed by atoms with Crippen molar-refractivity contribution in [3.8, 4) is 0 Å². The van der Waals surface area contributed by atoms with E-state index in [0.717, 1.165) is 28.5 Å². The number of pyridine rings is 1. The van der Waals surface area contributed by atoms with Crippen LogP contribution in [0, 0.1) is 13.8 Å². The van der Waals surface area contributed by atoms with E-state index in [1.807, 2.05) is 39.2 Å². The van der Waals surface area contributed by atoms with E-state index < -0.39 is 0 Å². The van der Waals surface area contributed by atoms with Crippen LogP contribution in [0.5, 0.6) is 0 Å². The minimum atomic E-state index is 0.712. The monoisotopic (exact) mass is 228 g/mol. The molecule has 2 heterocycles. The molecule has 0 radical (unpaired) electrons. The molecule has 0 spiro atoms. The summed E-state index contributed by atoms with van der Waals surface area (Å²) in [6.07, 6.45) is 4.32. The van der Waals surface area contributed by atoms with Gasteiger partial charge in [0, 0.05) is 37.1 Å². The Kier molecular flexibility index (Phi) is 3.32. The molecule has 0 fully saturated rings. The number of nitrogens with zero attached hydrogens (tertiary/aromatic N) is 3. The zero-order valence-corrected chi connectivity index (χ0v) is 10.4. The number of anilines is 1. The number of hydrogen-bond acceptors (Lipinski definition) is 4. The van der Waals surface area contributed by atoms with Gasteiger partial charge in [-0.15, -0.1) is 0 Å². The first-order chi connectivity index (χ1) is 8.20. The van der Waals surface area contributed by atoms with Crippen molar-refractivity contribution >= 4 is 5.82 Å². The van der Waals surface area contributed by atoms with Gasteiger partial charge in [-0.25, -0.2) is 9.97 Å². The van der Waals surface area contributed by atoms with Gasteiger partial charge in [0.15, 0.2) is 0 Å². The fraction of sp³-hybridized carbons (Fsp3) is 0.308. The van der Waals surface area contributed by atoms with E-state index in [9.17, 15) is 0 Å². The second-order valence-electron chi connectivity index (χ2n) is 3.99. The molecule has 0 saturated carbocycles. The molecule has 2 rings (SSSR count). The summed E-state index contributed by atoms with van der Waals surface area (Å²) in [5, 5.41) is 3.10. The molecule has 4 nitrogen and oxygen atoms in total. The van der Waals surface area contributed by atoms with E-state index in [-0.39, 0.29) is 0 Å². The first-order valence-corrected chi connectivity index (χ1v) is 5.61. The summed E-state index contributed by atoms with van der Waals surface area (Å²) >= 11 is 0. The summed E-state index contributed by atoms with van der Waals surface area (Å²) in [4.78, 5) is 13.1. The van der Waals surface area contributed by atoms with Crippen LogP contribution >= 0.6 is 0 Å². The summed E-state index contributed by atoms with van der Waals surface area (Å²) in [6.45, 7) is 4.03. The molecule has 4 heteroatoms. The van der Waals surface area contributed by atoms with Gasteiger partial charge < -0.3 is 5.32 Å². The lowest BCUT2D eigenvalue weighted by molar-refractivity contribution is 0.925. The van der Waals surface area contributed by atoms with Crippen molar-refractivity contribution in [2.24, 2.45) is 0 Å². The largest absolute Gasteiger partial charge is 0.373 e. The first-order valence-electron chi connectivity index (χ1n) is 5.61. The van der Waals surface area contributed by atoms with Gasteiger partial charge in [-0.3, -0.25) is 4.98 Å². The highest BCUT2D eigenvalue weighted by molar-refractivity contribution is 5.45. The van der Waals surface area contributed by atoms with Crippen LogP contribution in [0.25, 0.3) is 0 Å². The van der Waals surface area contributed by atoms with Crippen LogP contribution in [0.3, 0.4) is 0 Å². The standard InChI is InChI=1S/C13H16N4/c1-9-10(2)16-12(17-13(9)14-3)7-11-5-4-6-15-8-11/h4-6,8H,7H2,1-3H3,(H,14,16,17). The lowest BCUT2D eigenvalue weighted by atomic mass is 10.2. The van der Waals surface area contributed by atoms with Gasteiger partial charge in [-0.05, 0) is 25.5 Å². The SMILES string of the molecule is CNc1nc(Cc2cccnc2)nc(C)c1C. The van der Waals surface area contributed by atoms with Crippen LogP contribution in [0.1, 0.15) is 22.6 Å². The van der Waals surface area contributed by atoms with Crippen LogP contribution in [-0.2, 0) is 6.42 Å². The molecule has 0 aliphatic rings. The number of nitrogens with one attached hydrogen (secondary N) is 1. The van der Waals surface area contributed by atoms with Crippen molar-refractivity contribution in [2.75, 3.05) is 12.4 Å². The van der Waals surface area contributed by atoms with Gasteiger partial charge >= 0.3 is 0 Å². The molecule has 0 saturated heterocycles. The molecule has 0 bridgehead atoms. The van der Waals surface area contributed by atoms with Crippen LogP contribution < -0.4 is 5.32 Å². The molecular weight excluding hydrogens is 212 g/mol. The molecule has 17 heavy (non-hydrogen) atoms. The zero-order valence-electron chi connectivity index (χ0n) is 10.4. The zero-order chi connectivity index (χ0) is 12.3. The van der Waals surface area contributed by atoms with Gasteiger partial charge in [0.25, 0.3) is 0 Å². The van der Waals surface area contributed by atoms with E-state index in [1.165, 1.54) is 0 Å². The fourth-order valence-electron chi connectivity index (χ4n) is 1.69. The molecule has 0 aromatic carbocycles. The van der Waals surface area contributed by atoms with Crippen molar-refractivity contribution in [1.82, 2.24) is 15.0 Å². The maximum Gasteiger partial charge on any atom is 0.135 e. The predicted octanol–water partition coefficient (Wildman–Crippen LogP) is 2.12. The second-order valence-corrected chi connectivity index (χ2v) is 3.99. The predicted molar refractivity (Wildman–Crippen MR) is 68.1 cm³/mol. The Labute approximate surface area is 101 Å². The summed E-state index contributed by atoms with van der Waals surface area (Å²) in [5.41, 5.74) is 3.24. The van der Waals surface area contributed by atoms with Crippen molar-refractivity contribution in [3.63, 3.8) is 0 Å². The van der Waals surface area contributed by atoms with E-state index in [2.05, 4.69) is 20.3 Å². The van der Waals surface area contributed by atoms with Gasteiger partial charge in [0.05, 0.1) is 0 Å². The number of hydrogen-bond donors (Lipinski definition) is 1. The minimum absolute atomic E-state index is 0.712. The van der Waals surface area contributed by atoms with Crippen LogP contribution in [-0.4, -0.2) is 22.0 Å². The van der Waals surface area contributed by atoms with Crippen molar-refractivity contribution in [1.29, 1.82) is 0 Å². The average molecular weight is 228 g/mol. The van der Waals surface area contributed by atoms with Crippen LogP contribution in [0.15, 0.2) is 24.5 Å². The Morgan fingerprint density at radius 2 is 2.06 bits per heavy atom. The van der Waals surface area contributed by atoms with E-state index in [0.29, 0.717) is 6.42 Å². The van der Waals surface area contributed by atoms with Crippen LogP contribution in [0.2, 0.25) is 0 Å². The van der Waals surface area contributed by atoms with E-state index in [4.69, 9.17) is 0 Å². The Morgan fingerprint density at radius 1 is 1.24 bits per heavy atom. The number of aryl methyl sites for hydroxylation is 1. The summed E-state index contributed by atoms with van der Waals surface area (Å²) < 4.78 is 0. The number of aromatic nitrogens is 3. The molecule has 1 N–H and O–H groups in total. The Morgan fingerprint density at radius 3 is 2.71 bits per heavy atom. The highest BCUT2D eigenvalue weighted by Crippen LogP contribution is 2.15. The highest BCUT2D eigenvalue weighted by atomic mass is 15.0. The third-order valence-corrected chi connectivity index (χ3v) is 2.76. The second kappa shape index (κ2) is 4.91. The molecule has 2 aromatic heterocycles. The molecule has 0 aliphatic carbocycles. The Bertz CT molecular complexity index is 508. The summed E-state index contributed by atoms with van der Waals surface area (Å²) in [7, 11) is 1.88. The summed E-state index contributed by atoms with van der Waals surface area (Å²) in [6, 6.07) is 3.96. The third-order valence-electron chi connectivity index (χ3n) is 2.76.